The molecule has 2 aliphatic heterocycles. The Morgan fingerprint density at radius 3 is 2.31 bits per heavy atom. The zero-order chi connectivity index (χ0) is 25.0. The van der Waals surface area contributed by atoms with E-state index in [1.165, 1.54) is 10.5 Å². The molecule has 2 aromatic carbocycles. The van der Waals surface area contributed by atoms with E-state index in [1.807, 2.05) is 42.5 Å². The van der Waals surface area contributed by atoms with Gasteiger partial charge in [0, 0.05) is 45.4 Å². The molecule has 2 fully saturated rings. The Balaban J connectivity index is 1.25. The van der Waals surface area contributed by atoms with Gasteiger partial charge < -0.3 is 14.1 Å². The third-order valence-electron chi connectivity index (χ3n) is 7.46. The van der Waals surface area contributed by atoms with E-state index in [0.717, 1.165) is 36.5 Å². The van der Waals surface area contributed by atoms with Gasteiger partial charge in [0.15, 0.2) is 0 Å². The van der Waals surface area contributed by atoms with Crippen LogP contribution in [-0.2, 0) is 22.5 Å². The zero-order valence-electron chi connectivity index (χ0n) is 20.8. The zero-order valence-corrected chi connectivity index (χ0v) is 20.8. The number of ether oxygens (including phenoxy) is 1. The van der Waals surface area contributed by atoms with E-state index in [9.17, 15) is 9.59 Å². The van der Waals surface area contributed by atoms with E-state index < -0.39 is 5.54 Å². The number of nitrogens with zero attached hydrogens (tertiary/aromatic N) is 3. The van der Waals surface area contributed by atoms with Crippen molar-refractivity contribution in [2.75, 3.05) is 39.9 Å². The molecule has 5 rings (SSSR count). The molecule has 0 aliphatic carbocycles. The first-order chi connectivity index (χ1) is 17.6. The Hall–Kier alpha value is -3.42. The highest BCUT2D eigenvalue weighted by Gasteiger charge is 2.57. The highest BCUT2D eigenvalue weighted by Crippen LogP contribution is 2.37. The van der Waals surface area contributed by atoms with Crippen LogP contribution in [0.4, 0.5) is 4.79 Å². The summed E-state index contributed by atoms with van der Waals surface area (Å²) in [6.45, 7) is 3.57. The van der Waals surface area contributed by atoms with Crippen molar-refractivity contribution in [3.05, 3.63) is 84.1 Å². The second kappa shape index (κ2) is 10.7. The van der Waals surface area contributed by atoms with Crippen LogP contribution in [0.25, 0.3) is 11.3 Å². The SMILES string of the molecule is COCCN1C(=O)N(CCc2ccccc2)C(=O)C12CCN(Cc1ccc(-c3ccco3)cc1)CC2. The molecular formula is C29H33N3O4. The van der Waals surface area contributed by atoms with Gasteiger partial charge in [0.1, 0.15) is 11.3 Å². The van der Waals surface area contributed by atoms with Crippen LogP contribution in [0.15, 0.2) is 77.4 Å². The van der Waals surface area contributed by atoms with Crippen LogP contribution >= 0.6 is 0 Å². The van der Waals surface area contributed by atoms with Gasteiger partial charge in [-0.1, -0.05) is 54.6 Å². The van der Waals surface area contributed by atoms with Crippen molar-refractivity contribution >= 4 is 11.9 Å². The van der Waals surface area contributed by atoms with Gasteiger partial charge >= 0.3 is 6.03 Å². The summed E-state index contributed by atoms with van der Waals surface area (Å²) >= 11 is 0. The predicted molar refractivity (Wildman–Crippen MR) is 137 cm³/mol. The van der Waals surface area contributed by atoms with Crippen LogP contribution in [0.1, 0.15) is 24.0 Å². The molecule has 3 amide bonds. The molecule has 36 heavy (non-hydrogen) atoms. The molecule has 1 spiro atoms. The molecule has 7 heteroatoms. The highest BCUT2D eigenvalue weighted by atomic mass is 16.5. The molecule has 7 nitrogen and oxygen atoms in total. The highest BCUT2D eigenvalue weighted by molar-refractivity contribution is 6.07. The van der Waals surface area contributed by atoms with Crippen molar-refractivity contribution < 1.29 is 18.7 Å². The number of imide groups is 1. The van der Waals surface area contributed by atoms with Crippen molar-refractivity contribution in [2.45, 2.75) is 31.3 Å². The van der Waals surface area contributed by atoms with Crippen LogP contribution in [0, 0.1) is 0 Å². The van der Waals surface area contributed by atoms with Gasteiger partial charge in [-0.3, -0.25) is 14.6 Å². The maximum absolute atomic E-state index is 13.7. The number of urea groups is 1. The molecule has 0 N–H and O–H groups in total. The molecule has 0 atom stereocenters. The summed E-state index contributed by atoms with van der Waals surface area (Å²) in [7, 11) is 1.63. The lowest BCUT2D eigenvalue weighted by atomic mass is 9.85. The maximum Gasteiger partial charge on any atom is 0.327 e. The van der Waals surface area contributed by atoms with E-state index in [4.69, 9.17) is 9.15 Å². The number of hydrogen-bond acceptors (Lipinski definition) is 5. The van der Waals surface area contributed by atoms with Crippen LogP contribution < -0.4 is 0 Å². The minimum atomic E-state index is -0.772. The molecule has 2 saturated heterocycles. The van der Waals surface area contributed by atoms with E-state index in [1.54, 1.807) is 18.3 Å². The molecule has 3 heterocycles. The van der Waals surface area contributed by atoms with Crippen molar-refractivity contribution in [3.8, 4) is 11.3 Å². The lowest BCUT2D eigenvalue weighted by Gasteiger charge is -2.42. The minimum Gasteiger partial charge on any atom is -0.464 e. The summed E-state index contributed by atoms with van der Waals surface area (Å²) < 4.78 is 10.8. The fourth-order valence-corrected chi connectivity index (χ4v) is 5.40. The molecular weight excluding hydrogens is 454 g/mol. The van der Waals surface area contributed by atoms with E-state index >= 15 is 0 Å². The lowest BCUT2D eigenvalue weighted by molar-refractivity contribution is -0.135. The monoisotopic (exact) mass is 487 g/mol. The van der Waals surface area contributed by atoms with Gasteiger partial charge in [-0.15, -0.1) is 0 Å². The Morgan fingerprint density at radius 2 is 1.64 bits per heavy atom. The van der Waals surface area contributed by atoms with Crippen molar-refractivity contribution in [2.24, 2.45) is 0 Å². The Morgan fingerprint density at radius 1 is 0.889 bits per heavy atom. The Labute approximate surface area is 212 Å². The number of rotatable bonds is 9. The van der Waals surface area contributed by atoms with Gasteiger partial charge in [-0.05, 0) is 42.5 Å². The van der Waals surface area contributed by atoms with Crippen LogP contribution in [0.2, 0.25) is 0 Å². The van der Waals surface area contributed by atoms with Gasteiger partial charge in [0.05, 0.1) is 12.9 Å². The first-order valence-corrected chi connectivity index (χ1v) is 12.6. The third kappa shape index (κ3) is 4.81. The second-order valence-electron chi connectivity index (χ2n) is 9.60. The van der Waals surface area contributed by atoms with E-state index in [-0.39, 0.29) is 11.9 Å². The van der Waals surface area contributed by atoms with Crippen molar-refractivity contribution in [1.82, 2.24) is 14.7 Å². The third-order valence-corrected chi connectivity index (χ3v) is 7.46. The standard InChI is InChI=1S/C29H33N3O4/c1-35-21-19-32-28(34)31(16-13-23-6-3-2-4-7-23)27(33)29(32)14-17-30(18-15-29)22-24-9-11-25(12-10-24)26-8-5-20-36-26/h2-12,20H,13-19,21-22H2,1H3. The lowest BCUT2D eigenvalue weighted by Crippen LogP contribution is -2.57. The summed E-state index contributed by atoms with van der Waals surface area (Å²) in [5.74, 6) is 0.806. The van der Waals surface area contributed by atoms with Gasteiger partial charge in [0.2, 0.25) is 0 Å². The second-order valence-corrected chi connectivity index (χ2v) is 9.60. The van der Waals surface area contributed by atoms with E-state index in [2.05, 4.69) is 29.2 Å². The summed E-state index contributed by atoms with van der Waals surface area (Å²) in [6.07, 6.45) is 3.61. The summed E-state index contributed by atoms with van der Waals surface area (Å²) in [5.41, 5.74) is 2.62. The largest absolute Gasteiger partial charge is 0.464 e. The molecule has 2 aliphatic rings. The maximum atomic E-state index is 13.7. The topological polar surface area (TPSA) is 66.2 Å². The van der Waals surface area contributed by atoms with E-state index in [0.29, 0.717) is 39.0 Å². The van der Waals surface area contributed by atoms with Gasteiger partial charge in [0.25, 0.3) is 5.91 Å². The molecule has 0 bridgehead atoms. The number of benzene rings is 2. The average molecular weight is 488 g/mol. The molecule has 0 saturated carbocycles. The van der Waals surface area contributed by atoms with Gasteiger partial charge in [-0.2, -0.15) is 0 Å². The Kier molecular flexibility index (Phi) is 7.20. The van der Waals surface area contributed by atoms with Crippen LogP contribution in [-0.4, -0.2) is 72.1 Å². The summed E-state index contributed by atoms with van der Waals surface area (Å²) in [5, 5.41) is 0. The first-order valence-electron chi connectivity index (χ1n) is 12.6. The summed E-state index contributed by atoms with van der Waals surface area (Å²) in [6, 6.07) is 22.1. The summed E-state index contributed by atoms with van der Waals surface area (Å²) in [4.78, 5) is 32.7. The number of piperidine rings is 1. The quantitative estimate of drug-likeness (QED) is 0.418. The molecule has 0 unspecified atom stereocenters. The normalized spacial score (nSPS) is 17.9. The fourth-order valence-electron chi connectivity index (χ4n) is 5.40. The predicted octanol–water partition coefficient (Wildman–Crippen LogP) is 4.43. The van der Waals surface area contributed by atoms with Crippen LogP contribution in [0.3, 0.4) is 0 Å². The smallest absolute Gasteiger partial charge is 0.327 e. The number of carbonyl (C=O) groups is 2. The minimum absolute atomic E-state index is 0.0537. The number of likely N-dealkylation sites (tertiary alicyclic amines) is 1. The number of amides is 3. The molecule has 188 valence electrons. The number of furan rings is 1. The van der Waals surface area contributed by atoms with Gasteiger partial charge in [-0.25, -0.2) is 4.79 Å². The number of hydrogen-bond donors (Lipinski definition) is 0. The van der Waals surface area contributed by atoms with Crippen LogP contribution in [0.5, 0.6) is 0 Å². The average Bonchev–Trinajstić information content (AvgIpc) is 3.51. The van der Waals surface area contributed by atoms with Crippen molar-refractivity contribution in [3.63, 3.8) is 0 Å². The molecule has 1 aromatic heterocycles. The Bertz CT molecular complexity index is 1150. The number of methoxy groups -OCH3 is 1. The molecule has 3 aromatic rings. The first kappa shape index (κ1) is 24.3. The number of carbonyl (C=O) groups excluding carboxylic acids is 2. The molecule has 0 radical (unpaired) electrons. The fraction of sp³-hybridized carbons (Fsp3) is 0.379. The van der Waals surface area contributed by atoms with Crippen molar-refractivity contribution in [1.29, 1.82) is 0 Å².